The first kappa shape index (κ1) is 31.0. The third-order valence-corrected chi connectivity index (χ3v) is 9.32. The van der Waals surface area contributed by atoms with Crippen molar-refractivity contribution in [2.75, 3.05) is 0 Å². The molecule has 0 amide bonds. The van der Waals surface area contributed by atoms with Gasteiger partial charge in [0, 0.05) is 17.1 Å². The van der Waals surface area contributed by atoms with Crippen LogP contribution >= 0.6 is 0 Å². The van der Waals surface area contributed by atoms with Crippen molar-refractivity contribution in [1.29, 1.82) is 0 Å². The van der Waals surface area contributed by atoms with Crippen LogP contribution in [0.25, 0.3) is 89.6 Å². The van der Waals surface area contributed by atoms with Crippen molar-refractivity contribution in [3.63, 3.8) is 0 Å². The van der Waals surface area contributed by atoms with Gasteiger partial charge in [-0.15, -0.1) is 0 Å². The molecule has 6 aromatic carbocycles. The minimum absolute atomic E-state index is 0.602. The maximum atomic E-state index is 5.29. The molecule has 0 atom stereocenters. The minimum atomic E-state index is 0.602. The fourth-order valence-electron chi connectivity index (χ4n) is 6.73. The summed E-state index contributed by atoms with van der Waals surface area (Å²) in [5.41, 5.74) is 13.6. The Morgan fingerprint density at radius 3 is 1.38 bits per heavy atom. The highest BCUT2D eigenvalue weighted by atomic mass is 14.9. The highest BCUT2D eigenvalue weighted by Crippen LogP contribution is 2.36. The highest BCUT2D eigenvalue weighted by Gasteiger charge is 2.17. The summed E-state index contributed by atoms with van der Waals surface area (Å²) >= 11 is 0. The Kier molecular flexibility index (Phi) is 8.16. The molecule has 9 rings (SSSR count). The van der Waals surface area contributed by atoms with Crippen LogP contribution in [0.15, 0.2) is 194 Å². The first-order chi connectivity index (χ1) is 25.7. The van der Waals surface area contributed by atoms with E-state index in [1.165, 1.54) is 0 Å². The quantitative estimate of drug-likeness (QED) is 0.170. The summed E-state index contributed by atoms with van der Waals surface area (Å²) in [6, 6.07) is 64.9. The van der Waals surface area contributed by atoms with Crippen LogP contribution in [0.5, 0.6) is 0 Å². The Hall–Kier alpha value is -7.04. The minimum Gasteiger partial charge on any atom is -0.255 e. The molecule has 0 spiro atoms. The van der Waals surface area contributed by atoms with E-state index in [0.717, 1.165) is 83.7 Å². The fourth-order valence-corrected chi connectivity index (χ4v) is 6.73. The molecule has 244 valence electrons. The van der Waals surface area contributed by atoms with Crippen LogP contribution < -0.4 is 0 Å². The van der Waals surface area contributed by atoms with Gasteiger partial charge in [-0.1, -0.05) is 140 Å². The van der Waals surface area contributed by atoms with Gasteiger partial charge < -0.3 is 0 Å². The van der Waals surface area contributed by atoms with Crippen molar-refractivity contribution in [1.82, 2.24) is 19.9 Å². The van der Waals surface area contributed by atoms with E-state index in [1.807, 2.05) is 48.7 Å². The maximum absolute atomic E-state index is 5.29. The normalized spacial score (nSPS) is 11.1. The van der Waals surface area contributed by atoms with Crippen LogP contribution in [0.3, 0.4) is 0 Å². The monoisotopic (exact) mass is 664 g/mol. The highest BCUT2D eigenvalue weighted by molar-refractivity contribution is 5.96. The van der Waals surface area contributed by atoms with Gasteiger partial charge in [0.2, 0.25) is 0 Å². The largest absolute Gasteiger partial charge is 0.255 e. The van der Waals surface area contributed by atoms with Gasteiger partial charge in [0.25, 0.3) is 0 Å². The standard InChI is InChI=1S/C48H32N4/c1-5-15-33(16-6-1)37-25-26-49-44(30-37)46-32-47(45-31-42(36-21-11-4-12-22-36)41-23-13-14-24-43(41)50-45)52-48(51-46)40-28-38(34-17-7-2-8-18-34)27-39(29-40)35-19-9-3-10-20-35/h1-32H. The van der Waals surface area contributed by atoms with Gasteiger partial charge in [0.15, 0.2) is 5.82 Å². The first-order valence-electron chi connectivity index (χ1n) is 17.4. The van der Waals surface area contributed by atoms with Crippen molar-refractivity contribution in [2.45, 2.75) is 0 Å². The lowest BCUT2D eigenvalue weighted by Crippen LogP contribution is -1.99. The second-order valence-electron chi connectivity index (χ2n) is 12.7. The third-order valence-electron chi connectivity index (χ3n) is 9.32. The van der Waals surface area contributed by atoms with Crippen molar-refractivity contribution in [3.8, 4) is 78.7 Å². The zero-order valence-electron chi connectivity index (χ0n) is 28.3. The summed E-state index contributed by atoms with van der Waals surface area (Å²) in [4.78, 5) is 20.6. The van der Waals surface area contributed by atoms with E-state index in [-0.39, 0.29) is 0 Å². The molecule has 0 aliphatic heterocycles. The molecule has 0 unspecified atom stereocenters. The Labute approximate surface area is 302 Å². The number of pyridine rings is 2. The van der Waals surface area contributed by atoms with Crippen LogP contribution in [0.2, 0.25) is 0 Å². The molecule has 9 aromatic rings. The number of hydrogen-bond donors (Lipinski definition) is 0. The van der Waals surface area contributed by atoms with Gasteiger partial charge in [-0.3, -0.25) is 4.98 Å². The lowest BCUT2D eigenvalue weighted by molar-refractivity contribution is 1.15. The molecule has 3 aromatic heterocycles. The third kappa shape index (κ3) is 6.26. The number of benzene rings is 6. The number of nitrogens with zero attached hydrogens (tertiary/aromatic N) is 4. The molecule has 0 radical (unpaired) electrons. The second-order valence-corrected chi connectivity index (χ2v) is 12.7. The Morgan fingerprint density at radius 2 is 0.769 bits per heavy atom. The molecule has 0 N–H and O–H groups in total. The molecule has 0 aliphatic carbocycles. The van der Waals surface area contributed by atoms with Gasteiger partial charge in [-0.05, 0) is 93.0 Å². The van der Waals surface area contributed by atoms with Gasteiger partial charge in [0.05, 0.1) is 28.3 Å². The topological polar surface area (TPSA) is 51.6 Å². The predicted octanol–water partition coefficient (Wildman–Crippen LogP) is 12.1. The predicted molar refractivity (Wildman–Crippen MR) is 213 cm³/mol. The molecule has 4 nitrogen and oxygen atoms in total. The Balaban J connectivity index is 1.29. The van der Waals surface area contributed by atoms with Crippen molar-refractivity contribution in [2.24, 2.45) is 0 Å². The summed E-state index contributed by atoms with van der Waals surface area (Å²) in [7, 11) is 0. The number of fused-ring (bicyclic) bond motifs is 1. The van der Waals surface area contributed by atoms with Gasteiger partial charge >= 0.3 is 0 Å². The number of rotatable bonds is 7. The molecule has 0 saturated heterocycles. The zero-order valence-corrected chi connectivity index (χ0v) is 28.3. The molecular formula is C48H32N4. The summed E-state index contributed by atoms with van der Waals surface area (Å²) in [6.45, 7) is 0. The average Bonchev–Trinajstić information content (AvgIpc) is 3.24. The lowest BCUT2D eigenvalue weighted by Gasteiger charge is -2.14. The van der Waals surface area contributed by atoms with E-state index in [4.69, 9.17) is 19.9 Å². The fraction of sp³-hybridized carbons (Fsp3) is 0. The van der Waals surface area contributed by atoms with Gasteiger partial charge in [-0.2, -0.15) is 0 Å². The molecule has 0 bridgehead atoms. The molecule has 3 heterocycles. The van der Waals surface area contributed by atoms with E-state index in [0.29, 0.717) is 5.82 Å². The lowest BCUT2D eigenvalue weighted by atomic mass is 9.95. The number of para-hydroxylation sites is 1. The molecule has 0 aliphatic rings. The summed E-state index contributed by atoms with van der Waals surface area (Å²) < 4.78 is 0. The smallest absolute Gasteiger partial charge is 0.160 e. The molecule has 0 fully saturated rings. The second kappa shape index (κ2) is 13.7. The summed E-state index contributed by atoms with van der Waals surface area (Å²) in [5, 5.41) is 1.09. The van der Waals surface area contributed by atoms with E-state index in [2.05, 4.69) is 146 Å². The first-order valence-corrected chi connectivity index (χ1v) is 17.4. The maximum Gasteiger partial charge on any atom is 0.160 e. The molecule has 4 heteroatoms. The van der Waals surface area contributed by atoms with Crippen LogP contribution in [0.1, 0.15) is 0 Å². The number of hydrogen-bond acceptors (Lipinski definition) is 4. The molecule has 52 heavy (non-hydrogen) atoms. The molecule has 0 saturated carbocycles. The van der Waals surface area contributed by atoms with Crippen molar-refractivity contribution >= 4 is 10.9 Å². The summed E-state index contributed by atoms with van der Waals surface area (Å²) in [6.07, 6.45) is 1.85. The Morgan fingerprint density at radius 1 is 0.288 bits per heavy atom. The molecular weight excluding hydrogens is 633 g/mol. The van der Waals surface area contributed by atoms with E-state index in [9.17, 15) is 0 Å². The van der Waals surface area contributed by atoms with E-state index < -0.39 is 0 Å². The zero-order chi connectivity index (χ0) is 34.7. The van der Waals surface area contributed by atoms with Crippen LogP contribution in [0, 0.1) is 0 Å². The van der Waals surface area contributed by atoms with Crippen molar-refractivity contribution < 1.29 is 0 Å². The number of aromatic nitrogens is 4. The Bertz CT molecular complexity index is 2600. The van der Waals surface area contributed by atoms with E-state index in [1.54, 1.807) is 0 Å². The van der Waals surface area contributed by atoms with Crippen LogP contribution in [0.4, 0.5) is 0 Å². The van der Waals surface area contributed by atoms with Gasteiger partial charge in [0.1, 0.15) is 0 Å². The SMILES string of the molecule is c1ccc(-c2cc(-c3ccccc3)cc(-c3nc(-c4cc(-c5ccccc5)ccn4)cc(-c4cc(-c5ccccc5)c5ccccc5n4)n3)c2)cc1. The van der Waals surface area contributed by atoms with Crippen molar-refractivity contribution in [3.05, 3.63) is 194 Å². The van der Waals surface area contributed by atoms with Crippen LogP contribution in [-0.4, -0.2) is 19.9 Å². The van der Waals surface area contributed by atoms with Crippen LogP contribution in [-0.2, 0) is 0 Å². The van der Waals surface area contributed by atoms with Gasteiger partial charge in [-0.25, -0.2) is 15.0 Å². The average molecular weight is 665 g/mol. The van der Waals surface area contributed by atoms with E-state index >= 15 is 0 Å². The summed E-state index contributed by atoms with van der Waals surface area (Å²) in [5.74, 6) is 0.602.